The minimum Gasteiger partial charge on any atom is -0.480 e. The lowest BCUT2D eigenvalue weighted by Crippen LogP contribution is -2.32. The number of rotatable bonds is 8. The summed E-state index contributed by atoms with van der Waals surface area (Å²) in [6.07, 6.45) is 3.57. The maximum absolute atomic E-state index is 14.1. The van der Waals surface area contributed by atoms with Crippen molar-refractivity contribution in [1.82, 2.24) is 14.5 Å². The van der Waals surface area contributed by atoms with Crippen molar-refractivity contribution in [1.29, 1.82) is 0 Å². The summed E-state index contributed by atoms with van der Waals surface area (Å²) in [6.45, 7) is 0.489. The fourth-order valence-electron chi connectivity index (χ4n) is 4.09. The van der Waals surface area contributed by atoms with E-state index < -0.39 is 12.0 Å². The predicted octanol–water partition coefficient (Wildman–Crippen LogP) is 5.03. The number of hydrogen-bond acceptors (Lipinski definition) is 5. The molecule has 5 rings (SSSR count). The van der Waals surface area contributed by atoms with E-state index in [2.05, 4.69) is 9.97 Å². The van der Waals surface area contributed by atoms with E-state index in [1.807, 2.05) is 47.2 Å². The maximum Gasteiger partial charge on any atom is 0.320 e. The van der Waals surface area contributed by atoms with E-state index in [1.54, 1.807) is 36.4 Å². The van der Waals surface area contributed by atoms with Gasteiger partial charge in [0.1, 0.15) is 29.6 Å². The fraction of sp³-hybridized carbons (Fsp3) is 0.107. The van der Waals surface area contributed by atoms with Gasteiger partial charge < -0.3 is 20.1 Å². The quantitative estimate of drug-likeness (QED) is 0.321. The first-order valence-corrected chi connectivity index (χ1v) is 11.4. The van der Waals surface area contributed by atoms with Crippen LogP contribution in [0.4, 0.5) is 4.39 Å². The zero-order valence-corrected chi connectivity index (χ0v) is 19.2. The van der Waals surface area contributed by atoms with Crippen LogP contribution in [0.15, 0.2) is 91.4 Å². The minimum absolute atomic E-state index is 0.227. The van der Waals surface area contributed by atoms with Crippen LogP contribution in [0.25, 0.3) is 22.2 Å². The van der Waals surface area contributed by atoms with E-state index in [0.717, 1.165) is 27.6 Å². The number of carboxylic acids is 1. The molecular weight excluding hydrogens is 459 g/mol. The molecular formula is C28H23FN4O3. The van der Waals surface area contributed by atoms with Crippen molar-refractivity contribution in [2.45, 2.75) is 19.0 Å². The maximum atomic E-state index is 14.1. The Morgan fingerprint density at radius 1 is 1.03 bits per heavy atom. The van der Waals surface area contributed by atoms with Crippen LogP contribution in [0.2, 0.25) is 0 Å². The highest BCUT2D eigenvalue weighted by molar-refractivity contribution is 5.82. The number of benzene rings is 3. The Bertz CT molecular complexity index is 1520. The number of hydrogen-bond donors (Lipinski definition) is 2. The van der Waals surface area contributed by atoms with Crippen LogP contribution in [-0.2, 0) is 17.8 Å². The third kappa shape index (κ3) is 4.94. The number of aromatic nitrogens is 3. The third-order valence-corrected chi connectivity index (χ3v) is 5.93. The summed E-state index contributed by atoms with van der Waals surface area (Å²) in [4.78, 5) is 19.7. The van der Waals surface area contributed by atoms with Crippen molar-refractivity contribution in [2.75, 3.05) is 0 Å². The van der Waals surface area contributed by atoms with Crippen LogP contribution in [0, 0.1) is 5.82 Å². The van der Waals surface area contributed by atoms with Crippen LogP contribution >= 0.6 is 0 Å². The normalized spacial score (nSPS) is 11.9. The van der Waals surface area contributed by atoms with Gasteiger partial charge in [-0.1, -0.05) is 48.5 Å². The van der Waals surface area contributed by atoms with E-state index in [9.17, 15) is 9.18 Å². The molecule has 1 atom stereocenters. The summed E-state index contributed by atoms with van der Waals surface area (Å²) in [6, 6.07) is 22.5. The van der Waals surface area contributed by atoms with Gasteiger partial charge in [-0.2, -0.15) is 0 Å². The van der Waals surface area contributed by atoms with E-state index in [0.29, 0.717) is 23.8 Å². The first-order valence-electron chi connectivity index (χ1n) is 11.4. The summed E-state index contributed by atoms with van der Waals surface area (Å²) in [5.74, 6) is -0.375. The van der Waals surface area contributed by atoms with Crippen LogP contribution in [-0.4, -0.2) is 31.7 Å². The summed E-state index contributed by atoms with van der Waals surface area (Å²) in [7, 11) is 0. The van der Waals surface area contributed by atoms with Gasteiger partial charge in [-0.25, -0.2) is 14.4 Å². The Morgan fingerprint density at radius 3 is 2.56 bits per heavy atom. The second-order valence-electron chi connectivity index (χ2n) is 8.42. The molecule has 0 spiro atoms. The second kappa shape index (κ2) is 9.97. The number of aliphatic carboxylic acids is 1. The third-order valence-electron chi connectivity index (χ3n) is 5.93. The molecule has 36 heavy (non-hydrogen) atoms. The highest BCUT2D eigenvalue weighted by Crippen LogP contribution is 2.30. The summed E-state index contributed by atoms with van der Waals surface area (Å²) >= 11 is 0. The zero-order valence-electron chi connectivity index (χ0n) is 19.2. The van der Waals surface area contributed by atoms with Gasteiger partial charge in [0.15, 0.2) is 0 Å². The number of ether oxygens (including phenoxy) is 1. The molecule has 0 radical (unpaired) electrons. The van der Waals surface area contributed by atoms with Gasteiger partial charge in [-0.3, -0.25) is 4.79 Å². The minimum atomic E-state index is -1.04. The molecule has 0 fully saturated rings. The largest absolute Gasteiger partial charge is 0.480 e. The lowest BCUT2D eigenvalue weighted by molar-refractivity contribution is -0.138. The molecule has 0 saturated carbocycles. The number of nitrogens with two attached hydrogens (primary N) is 1. The molecule has 0 aliphatic heterocycles. The van der Waals surface area contributed by atoms with Crippen LogP contribution in [0.5, 0.6) is 11.6 Å². The Kier molecular flexibility index (Phi) is 6.42. The fourth-order valence-corrected chi connectivity index (χ4v) is 4.09. The highest BCUT2D eigenvalue weighted by Gasteiger charge is 2.15. The molecule has 7 nitrogen and oxygen atoms in total. The molecule has 0 aliphatic rings. The summed E-state index contributed by atoms with van der Waals surface area (Å²) < 4.78 is 22.1. The number of carbonyl (C=O) groups is 1. The van der Waals surface area contributed by atoms with Gasteiger partial charge in [0.25, 0.3) is 0 Å². The average molecular weight is 483 g/mol. The molecule has 2 aromatic heterocycles. The number of nitrogens with zero attached hydrogens (tertiary/aromatic N) is 3. The zero-order chi connectivity index (χ0) is 25.1. The second-order valence-corrected chi connectivity index (χ2v) is 8.42. The molecule has 180 valence electrons. The van der Waals surface area contributed by atoms with Crippen molar-refractivity contribution in [3.05, 3.63) is 108 Å². The smallest absolute Gasteiger partial charge is 0.320 e. The standard InChI is InChI=1S/C28H23FN4O3/c29-21-9-8-20(24(15-21)19-4-2-1-3-5-19)16-33-13-12-23-26(33)31-17-32-27(23)36-22-10-6-18(7-11-22)14-25(30)28(34)35/h1-13,15,17,25H,14,16,30H2,(H,34,35)/t25-/m0/s1. The Labute approximate surface area is 206 Å². The monoisotopic (exact) mass is 482 g/mol. The molecule has 0 aliphatic carbocycles. The van der Waals surface area contributed by atoms with Crippen LogP contribution in [0.3, 0.4) is 0 Å². The lowest BCUT2D eigenvalue weighted by atomic mass is 9.99. The molecule has 0 bridgehead atoms. The van der Waals surface area contributed by atoms with Crippen molar-refractivity contribution < 1.29 is 19.0 Å². The SMILES string of the molecule is N[C@@H](Cc1ccc(Oc2ncnc3c2ccn3Cc2ccc(F)cc2-c2ccccc2)cc1)C(=O)O. The van der Waals surface area contributed by atoms with Gasteiger partial charge in [0, 0.05) is 12.7 Å². The molecule has 0 unspecified atom stereocenters. The van der Waals surface area contributed by atoms with E-state index in [1.165, 1.54) is 12.4 Å². The van der Waals surface area contributed by atoms with Crippen molar-refractivity contribution in [2.24, 2.45) is 5.73 Å². The number of halogens is 1. The first kappa shape index (κ1) is 23.2. The molecule has 5 aromatic rings. The van der Waals surface area contributed by atoms with Gasteiger partial charge >= 0.3 is 5.97 Å². The Balaban J connectivity index is 1.40. The van der Waals surface area contributed by atoms with E-state index >= 15 is 0 Å². The van der Waals surface area contributed by atoms with Crippen LogP contribution < -0.4 is 10.5 Å². The summed E-state index contributed by atoms with van der Waals surface area (Å²) in [5, 5.41) is 9.73. The van der Waals surface area contributed by atoms with Gasteiger partial charge in [-0.15, -0.1) is 0 Å². The van der Waals surface area contributed by atoms with E-state index in [-0.39, 0.29) is 12.2 Å². The van der Waals surface area contributed by atoms with Gasteiger partial charge in [0.05, 0.1) is 5.39 Å². The average Bonchev–Trinajstić information content (AvgIpc) is 3.30. The van der Waals surface area contributed by atoms with Crippen molar-refractivity contribution in [3.63, 3.8) is 0 Å². The van der Waals surface area contributed by atoms with Gasteiger partial charge in [0.2, 0.25) is 5.88 Å². The molecule has 0 saturated heterocycles. The molecule has 3 aromatic carbocycles. The molecule has 8 heteroatoms. The molecule has 2 heterocycles. The Hall–Kier alpha value is -4.56. The highest BCUT2D eigenvalue weighted by atomic mass is 19.1. The van der Waals surface area contributed by atoms with E-state index in [4.69, 9.17) is 15.6 Å². The first-order chi connectivity index (χ1) is 17.5. The van der Waals surface area contributed by atoms with Crippen molar-refractivity contribution >= 4 is 17.0 Å². The summed E-state index contributed by atoms with van der Waals surface area (Å²) in [5.41, 5.74) is 9.81. The van der Waals surface area contributed by atoms with Crippen molar-refractivity contribution in [3.8, 4) is 22.8 Å². The van der Waals surface area contributed by atoms with Crippen LogP contribution in [0.1, 0.15) is 11.1 Å². The Morgan fingerprint density at radius 2 is 1.81 bits per heavy atom. The topological polar surface area (TPSA) is 103 Å². The number of carboxylic acid groups (broad SMARTS) is 1. The number of fused-ring (bicyclic) bond motifs is 1. The molecule has 3 N–H and O–H groups in total. The predicted molar refractivity (Wildman–Crippen MR) is 134 cm³/mol. The van der Waals surface area contributed by atoms with Gasteiger partial charge in [-0.05, 0) is 59.0 Å². The molecule has 0 amide bonds. The lowest BCUT2D eigenvalue weighted by Gasteiger charge is -2.12.